The Morgan fingerprint density at radius 3 is 2.72 bits per heavy atom. The third kappa shape index (κ3) is 4.01. The van der Waals surface area contributed by atoms with E-state index in [4.69, 9.17) is 14.9 Å². The van der Waals surface area contributed by atoms with E-state index in [1.54, 1.807) is 32.2 Å². The van der Waals surface area contributed by atoms with Crippen molar-refractivity contribution in [3.8, 4) is 0 Å². The molecule has 5 heteroatoms. The van der Waals surface area contributed by atoms with Crippen molar-refractivity contribution >= 4 is 11.7 Å². The summed E-state index contributed by atoms with van der Waals surface area (Å²) < 4.78 is 5.05. The zero-order valence-corrected chi connectivity index (χ0v) is 10.6. The summed E-state index contributed by atoms with van der Waals surface area (Å²) in [5.41, 5.74) is 1.83. The van der Waals surface area contributed by atoms with Crippen LogP contribution in [0.15, 0.2) is 18.2 Å². The fraction of sp³-hybridized carbons (Fsp3) is 0.462. The van der Waals surface area contributed by atoms with Crippen LogP contribution in [0.25, 0.3) is 0 Å². The van der Waals surface area contributed by atoms with Gasteiger partial charge < -0.3 is 20.3 Å². The molecule has 0 spiro atoms. The van der Waals surface area contributed by atoms with E-state index < -0.39 is 5.97 Å². The van der Waals surface area contributed by atoms with E-state index in [2.05, 4.69) is 5.32 Å². The van der Waals surface area contributed by atoms with Gasteiger partial charge in [-0.1, -0.05) is 0 Å². The summed E-state index contributed by atoms with van der Waals surface area (Å²) in [5, 5.41) is 21.1. The highest BCUT2D eigenvalue weighted by Gasteiger charge is 2.10. The van der Waals surface area contributed by atoms with E-state index in [0.717, 1.165) is 5.69 Å². The molecule has 0 amide bonds. The van der Waals surface area contributed by atoms with Gasteiger partial charge in [-0.2, -0.15) is 0 Å². The molecular weight excluding hydrogens is 234 g/mol. The van der Waals surface area contributed by atoms with Crippen molar-refractivity contribution in [1.82, 2.24) is 0 Å². The average Bonchev–Trinajstić information content (AvgIpc) is 2.29. The highest BCUT2D eigenvalue weighted by Crippen LogP contribution is 2.16. The first kappa shape index (κ1) is 14.5. The Morgan fingerprint density at radius 2 is 2.22 bits per heavy atom. The molecule has 0 aliphatic rings. The lowest BCUT2D eigenvalue weighted by atomic mass is 10.1. The third-order valence-electron chi connectivity index (χ3n) is 2.67. The second-order valence-electron chi connectivity index (χ2n) is 4.14. The molecule has 0 radical (unpaired) electrons. The van der Waals surface area contributed by atoms with E-state index in [1.807, 2.05) is 0 Å². The number of hydrogen-bond acceptors (Lipinski definition) is 4. The molecular formula is C13H19NO4. The first-order chi connectivity index (χ1) is 8.58. The molecule has 18 heavy (non-hydrogen) atoms. The van der Waals surface area contributed by atoms with Crippen LogP contribution in [-0.4, -0.2) is 42.5 Å². The lowest BCUT2D eigenvalue weighted by Gasteiger charge is -2.18. The van der Waals surface area contributed by atoms with Gasteiger partial charge >= 0.3 is 5.97 Å². The normalized spacial score (nSPS) is 12.2. The number of carbonyl (C=O) groups is 1. The number of anilines is 1. The van der Waals surface area contributed by atoms with Crippen molar-refractivity contribution in [2.75, 3.05) is 25.6 Å². The van der Waals surface area contributed by atoms with Crippen LogP contribution in [0, 0.1) is 6.92 Å². The number of nitrogens with one attached hydrogen (secondary N) is 1. The summed E-state index contributed by atoms with van der Waals surface area (Å²) in [4.78, 5) is 10.9. The molecule has 3 N–H and O–H groups in total. The number of aliphatic hydroxyl groups is 1. The molecule has 0 saturated carbocycles. The van der Waals surface area contributed by atoms with Gasteiger partial charge in [0.25, 0.3) is 0 Å². The number of aromatic carboxylic acids is 1. The predicted octanol–water partition coefficient (Wildman–Crippen LogP) is 1.50. The summed E-state index contributed by atoms with van der Waals surface area (Å²) in [5.74, 6) is -0.928. The molecule has 0 fully saturated rings. The van der Waals surface area contributed by atoms with Gasteiger partial charge in [-0.15, -0.1) is 0 Å². The SMILES string of the molecule is COCC(CCO)Nc1ccc(C(=O)O)c(C)c1. The zero-order valence-electron chi connectivity index (χ0n) is 10.6. The molecule has 0 aromatic heterocycles. The number of carboxylic acids is 1. The van der Waals surface area contributed by atoms with Crippen molar-refractivity contribution in [1.29, 1.82) is 0 Å². The molecule has 0 aliphatic carbocycles. The van der Waals surface area contributed by atoms with Crippen LogP contribution in [-0.2, 0) is 4.74 Å². The standard InChI is InChI=1S/C13H19NO4/c1-9-7-10(3-4-12(9)13(16)17)14-11(5-6-15)8-18-2/h3-4,7,11,14-15H,5-6,8H2,1-2H3,(H,16,17). The van der Waals surface area contributed by atoms with Gasteiger partial charge in [0.1, 0.15) is 0 Å². The lowest BCUT2D eigenvalue weighted by molar-refractivity contribution is 0.0696. The average molecular weight is 253 g/mol. The van der Waals surface area contributed by atoms with Crippen LogP contribution in [0.3, 0.4) is 0 Å². The zero-order chi connectivity index (χ0) is 13.5. The molecule has 1 aromatic rings. The molecule has 1 rings (SSSR count). The number of ether oxygens (including phenoxy) is 1. The molecule has 1 atom stereocenters. The van der Waals surface area contributed by atoms with Crippen LogP contribution in [0.5, 0.6) is 0 Å². The van der Waals surface area contributed by atoms with E-state index in [-0.39, 0.29) is 12.6 Å². The van der Waals surface area contributed by atoms with Gasteiger partial charge in [0.15, 0.2) is 0 Å². The number of benzene rings is 1. The Bertz CT molecular complexity index is 400. The Kier molecular flexibility index (Phi) is 5.61. The molecule has 0 saturated heterocycles. The number of carboxylic acid groups (broad SMARTS) is 1. The predicted molar refractivity (Wildman–Crippen MR) is 69.1 cm³/mol. The van der Waals surface area contributed by atoms with Crippen LogP contribution < -0.4 is 5.32 Å². The van der Waals surface area contributed by atoms with Gasteiger partial charge in [-0.3, -0.25) is 0 Å². The number of methoxy groups -OCH3 is 1. The van der Waals surface area contributed by atoms with Gasteiger partial charge in [0.2, 0.25) is 0 Å². The van der Waals surface area contributed by atoms with E-state index in [0.29, 0.717) is 24.2 Å². The smallest absolute Gasteiger partial charge is 0.335 e. The molecule has 1 unspecified atom stereocenters. The Morgan fingerprint density at radius 1 is 1.50 bits per heavy atom. The van der Waals surface area contributed by atoms with Gasteiger partial charge in [-0.05, 0) is 37.1 Å². The van der Waals surface area contributed by atoms with Crippen LogP contribution >= 0.6 is 0 Å². The topological polar surface area (TPSA) is 78.8 Å². The van der Waals surface area contributed by atoms with Gasteiger partial charge in [0.05, 0.1) is 18.2 Å². The molecule has 0 aliphatic heterocycles. The Balaban J connectivity index is 2.77. The summed E-state index contributed by atoms with van der Waals surface area (Å²) in [6, 6.07) is 5.08. The maximum atomic E-state index is 10.9. The van der Waals surface area contributed by atoms with Crippen LogP contribution in [0.1, 0.15) is 22.3 Å². The van der Waals surface area contributed by atoms with E-state index in [9.17, 15) is 4.79 Å². The number of aryl methyl sites for hydroxylation is 1. The highest BCUT2D eigenvalue weighted by atomic mass is 16.5. The molecule has 0 heterocycles. The highest BCUT2D eigenvalue weighted by molar-refractivity contribution is 5.89. The number of rotatable bonds is 7. The van der Waals surface area contributed by atoms with E-state index in [1.165, 1.54) is 0 Å². The van der Waals surface area contributed by atoms with Crippen molar-refractivity contribution in [3.05, 3.63) is 29.3 Å². The molecule has 0 bridgehead atoms. The van der Waals surface area contributed by atoms with Crippen LogP contribution in [0.4, 0.5) is 5.69 Å². The molecule has 1 aromatic carbocycles. The van der Waals surface area contributed by atoms with Gasteiger partial charge in [-0.25, -0.2) is 4.79 Å². The fourth-order valence-electron chi connectivity index (χ4n) is 1.78. The van der Waals surface area contributed by atoms with Crippen LogP contribution in [0.2, 0.25) is 0 Å². The minimum Gasteiger partial charge on any atom is -0.478 e. The minimum atomic E-state index is -0.928. The summed E-state index contributed by atoms with van der Waals surface area (Å²) >= 11 is 0. The fourth-order valence-corrected chi connectivity index (χ4v) is 1.78. The van der Waals surface area contributed by atoms with Crippen molar-refractivity contribution in [3.63, 3.8) is 0 Å². The third-order valence-corrected chi connectivity index (χ3v) is 2.67. The number of hydrogen-bond donors (Lipinski definition) is 3. The summed E-state index contributed by atoms with van der Waals surface area (Å²) in [6.45, 7) is 2.32. The maximum absolute atomic E-state index is 10.9. The largest absolute Gasteiger partial charge is 0.478 e. The first-order valence-electron chi connectivity index (χ1n) is 5.78. The quantitative estimate of drug-likeness (QED) is 0.686. The molecule has 5 nitrogen and oxygen atoms in total. The second-order valence-corrected chi connectivity index (χ2v) is 4.14. The van der Waals surface area contributed by atoms with Crippen molar-refractivity contribution < 1.29 is 19.7 Å². The van der Waals surface area contributed by atoms with Crippen molar-refractivity contribution in [2.45, 2.75) is 19.4 Å². The molecule has 100 valence electrons. The minimum absolute atomic E-state index is 0.00933. The van der Waals surface area contributed by atoms with Crippen molar-refractivity contribution in [2.24, 2.45) is 0 Å². The lowest BCUT2D eigenvalue weighted by Crippen LogP contribution is -2.26. The second kappa shape index (κ2) is 6.98. The summed E-state index contributed by atoms with van der Waals surface area (Å²) in [6.07, 6.45) is 0.577. The first-order valence-corrected chi connectivity index (χ1v) is 5.78. The van der Waals surface area contributed by atoms with Gasteiger partial charge in [0, 0.05) is 19.4 Å². The van der Waals surface area contributed by atoms with E-state index >= 15 is 0 Å². The summed E-state index contributed by atoms with van der Waals surface area (Å²) in [7, 11) is 1.60. The Hall–Kier alpha value is -1.59. The Labute approximate surface area is 106 Å². The number of aliphatic hydroxyl groups excluding tert-OH is 1. The maximum Gasteiger partial charge on any atom is 0.335 e. The monoisotopic (exact) mass is 253 g/mol.